The van der Waals surface area contributed by atoms with Crippen LogP contribution >= 0.6 is 0 Å². The molecular formula is C10H17N5O. The number of carbonyl (C=O) groups is 1. The van der Waals surface area contributed by atoms with Gasteiger partial charge in [-0.15, -0.1) is 0 Å². The van der Waals surface area contributed by atoms with Gasteiger partial charge in [0.1, 0.15) is 11.6 Å². The normalized spacial score (nSPS) is 11.9. The van der Waals surface area contributed by atoms with Gasteiger partial charge in [0.05, 0.1) is 18.3 Å². The number of nitrogens with one attached hydrogen (secondary N) is 1. The van der Waals surface area contributed by atoms with Crippen LogP contribution in [0.25, 0.3) is 0 Å². The van der Waals surface area contributed by atoms with Crippen molar-refractivity contribution in [2.24, 2.45) is 5.92 Å². The largest absolute Gasteiger partial charge is 0.382 e. The van der Waals surface area contributed by atoms with E-state index in [9.17, 15) is 4.79 Å². The molecule has 1 aromatic rings. The Labute approximate surface area is 94.9 Å². The Morgan fingerprint density at radius 1 is 1.62 bits per heavy atom. The van der Waals surface area contributed by atoms with E-state index >= 15 is 0 Å². The Kier molecular flexibility index (Phi) is 4.04. The van der Waals surface area contributed by atoms with Crippen molar-refractivity contribution in [1.82, 2.24) is 15.3 Å². The first-order chi connectivity index (χ1) is 7.54. The van der Waals surface area contributed by atoms with Crippen molar-refractivity contribution in [3.63, 3.8) is 0 Å². The van der Waals surface area contributed by atoms with Crippen LogP contribution in [-0.4, -0.2) is 36.5 Å². The Morgan fingerprint density at radius 2 is 2.31 bits per heavy atom. The number of aromatic nitrogens is 2. The van der Waals surface area contributed by atoms with Crippen molar-refractivity contribution in [1.29, 1.82) is 0 Å². The second kappa shape index (κ2) is 5.29. The molecule has 6 nitrogen and oxygen atoms in total. The smallest absolute Gasteiger partial charge is 0.224 e. The molecule has 0 saturated heterocycles. The number of amides is 1. The maximum Gasteiger partial charge on any atom is 0.224 e. The molecule has 16 heavy (non-hydrogen) atoms. The zero-order chi connectivity index (χ0) is 12.1. The molecule has 0 aliphatic carbocycles. The summed E-state index contributed by atoms with van der Waals surface area (Å²) in [5.41, 5.74) is 5.53. The lowest BCUT2D eigenvalue weighted by molar-refractivity contribution is -0.123. The summed E-state index contributed by atoms with van der Waals surface area (Å²) in [6.45, 7) is 2.42. The van der Waals surface area contributed by atoms with Gasteiger partial charge in [0.25, 0.3) is 0 Å². The maximum absolute atomic E-state index is 11.3. The molecule has 0 aromatic carbocycles. The Bertz CT molecular complexity index is 368. The van der Waals surface area contributed by atoms with Gasteiger partial charge in [-0.25, -0.2) is 4.98 Å². The first-order valence-corrected chi connectivity index (χ1v) is 5.05. The SMILES string of the molecule is CNC(=O)C(C)CN(C)c1cncc(N)n1. The molecule has 1 rings (SSSR count). The molecule has 1 unspecified atom stereocenters. The molecule has 6 heteroatoms. The van der Waals surface area contributed by atoms with Crippen LogP contribution in [0.2, 0.25) is 0 Å². The van der Waals surface area contributed by atoms with Crippen LogP contribution in [0.4, 0.5) is 11.6 Å². The molecule has 3 N–H and O–H groups in total. The fraction of sp³-hybridized carbons (Fsp3) is 0.500. The van der Waals surface area contributed by atoms with Crippen LogP contribution in [0.5, 0.6) is 0 Å². The lowest BCUT2D eigenvalue weighted by atomic mass is 10.1. The van der Waals surface area contributed by atoms with Crippen LogP contribution in [-0.2, 0) is 4.79 Å². The molecule has 88 valence electrons. The number of nitrogens with zero attached hydrogens (tertiary/aromatic N) is 3. The second-order valence-electron chi connectivity index (χ2n) is 3.70. The molecule has 1 aromatic heterocycles. The second-order valence-corrected chi connectivity index (χ2v) is 3.70. The number of rotatable bonds is 4. The van der Waals surface area contributed by atoms with E-state index in [1.165, 1.54) is 6.20 Å². The first kappa shape index (κ1) is 12.2. The lowest BCUT2D eigenvalue weighted by Gasteiger charge is -2.21. The Balaban J connectivity index is 2.65. The highest BCUT2D eigenvalue weighted by Gasteiger charge is 2.14. The van der Waals surface area contributed by atoms with Gasteiger partial charge in [-0.2, -0.15) is 0 Å². The van der Waals surface area contributed by atoms with Gasteiger partial charge in [-0.05, 0) is 0 Å². The van der Waals surface area contributed by atoms with E-state index in [-0.39, 0.29) is 11.8 Å². The van der Waals surface area contributed by atoms with Crippen molar-refractivity contribution in [2.45, 2.75) is 6.92 Å². The summed E-state index contributed by atoms with van der Waals surface area (Å²) >= 11 is 0. The van der Waals surface area contributed by atoms with Crippen molar-refractivity contribution in [3.8, 4) is 0 Å². The summed E-state index contributed by atoms with van der Waals surface area (Å²) in [6.07, 6.45) is 3.10. The summed E-state index contributed by atoms with van der Waals surface area (Å²) in [5.74, 6) is 0.926. The van der Waals surface area contributed by atoms with Crippen molar-refractivity contribution in [2.75, 3.05) is 31.3 Å². The van der Waals surface area contributed by atoms with E-state index in [1.54, 1.807) is 13.2 Å². The van der Waals surface area contributed by atoms with E-state index in [0.29, 0.717) is 18.2 Å². The zero-order valence-corrected chi connectivity index (χ0v) is 9.77. The molecule has 1 amide bonds. The molecule has 0 bridgehead atoms. The average molecular weight is 223 g/mol. The third-order valence-corrected chi connectivity index (χ3v) is 2.27. The number of anilines is 2. The highest BCUT2D eigenvalue weighted by atomic mass is 16.1. The predicted octanol–water partition coefficient (Wildman–Crippen LogP) is -0.123. The topological polar surface area (TPSA) is 84.1 Å². The third-order valence-electron chi connectivity index (χ3n) is 2.27. The number of hydrogen-bond acceptors (Lipinski definition) is 5. The third kappa shape index (κ3) is 3.08. The minimum atomic E-state index is -0.113. The van der Waals surface area contributed by atoms with Crippen molar-refractivity contribution >= 4 is 17.5 Å². The lowest BCUT2D eigenvalue weighted by Crippen LogP contribution is -2.34. The molecule has 0 fully saturated rings. The Morgan fingerprint density at radius 3 is 2.88 bits per heavy atom. The number of hydrogen-bond donors (Lipinski definition) is 2. The van der Waals surface area contributed by atoms with E-state index in [4.69, 9.17) is 5.73 Å². The molecule has 0 radical (unpaired) electrons. The minimum Gasteiger partial charge on any atom is -0.382 e. The Hall–Kier alpha value is -1.85. The van der Waals surface area contributed by atoms with E-state index in [0.717, 1.165) is 0 Å². The number of nitrogens with two attached hydrogens (primary N) is 1. The van der Waals surface area contributed by atoms with E-state index in [2.05, 4.69) is 15.3 Å². The molecule has 0 spiro atoms. The summed E-state index contributed by atoms with van der Waals surface area (Å²) < 4.78 is 0. The molecular weight excluding hydrogens is 206 g/mol. The van der Waals surface area contributed by atoms with Crippen molar-refractivity contribution < 1.29 is 4.79 Å². The van der Waals surface area contributed by atoms with Gasteiger partial charge in [0, 0.05) is 20.6 Å². The summed E-state index contributed by atoms with van der Waals surface area (Å²) in [6, 6.07) is 0. The van der Waals surface area contributed by atoms with Crippen LogP contribution in [0.15, 0.2) is 12.4 Å². The van der Waals surface area contributed by atoms with Gasteiger partial charge in [-0.1, -0.05) is 6.92 Å². The van der Waals surface area contributed by atoms with Crippen LogP contribution < -0.4 is 16.0 Å². The number of nitrogen functional groups attached to an aromatic ring is 1. The monoisotopic (exact) mass is 223 g/mol. The fourth-order valence-corrected chi connectivity index (χ4v) is 1.39. The minimum absolute atomic E-state index is 0.00344. The summed E-state index contributed by atoms with van der Waals surface area (Å²) in [4.78, 5) is 21.3. The quantitative estimate of drug-likeness (QED) is 0.743. The van der Waals surface area contributed by atoms with Crippen LogP contribution in [0.3, 0.4) is 0 Å². The summed E-state index contributed by atoms with van der Waals surface area (Å²) in [5, 5.41) is 2.61. The van der Waals surface area contributed by atoms with Crippen LogP contribution in [0, 0.1) is 5.92 Å². The van der Waals surface area contributed by atoms with Crippen molar-refractivity contribution in [3.05, 3.63) is 12.4 Å². The van der Waals surface area contributed by atoms with Gasteiger partial charge in [-0.3, -0.25) is 9.78 Å². The molecule has 0 saturated carbocycles. The van der Waals surface area contributed by atoms with Gasteiger partial charge < -0.3 is 16.0 Å². The highest BCUT2D eigenvalue weighted by Crippen LogP contribution is 2.10. The van der Waals surface area contributed by atoms with Gasteiger partial charge in [0.2, 0.25) is 5.91 Å². The standard InChI is InChI=1S/C10H17N5O/c1-7(10(16)12-2)6-15(3)9-5-13-4-8(11)14-9/h4-5,7H,6H2,1-3H3,(H2,11,14)(H,12,16). The fourth-order valence-electron chi connectivity index (χ4n) is 1.39. The summed E-state index contributed by atoms with van der Waals surface area (Å²) in [7, 11) is 3.47. The van der Waals surface area contributed by atoms with Crippen LogP contribution in [0.1, 0.15) is 6.92 Å². The predicted molar refractivity (Wildman–Crippen MR) is 62.9 cm³/mol. The molecule has 1 heterocycles. The average Bonchev–Trinajstić information content (AvgIpc) is 2.27. The van der Waals surface area contributed by atoms with E-state index in [1.807, 2.05) is 18.9 Å². The molecule has 0 aliphatic heterocycles. The maximum atomic E-state index is 11.3. The molecule has 1 atom stereocenters. The van der Waals surface area contributed by atoms with Gasteiger partial charge >= 0.3 is 0 Å². The number of carbonyl (C=O) groups excluding carboxylic acids is 1. The highest BCUT2D eigenvalue weighted by molar-refractivity contribution is 5.78. The zero-order valence-electron chi connectivity index (χ0n) is 9.77. The van der Waals surface area contributed by atoms with Gasteiger partial charge in [0.15, 0.2) is 0 Å². The van der Waals surface area contributed by atoms with E-state index < -0.39 is 0 Å². The first-order valence-electron chi connectivity index (χ1n) is 5.05. The molecule has 0 aliphatic rings.